The van der Waals surface area contributed by atoms with Gasteiger partial charge < -0.3 is 0 Å². The number of hydrogen-bond donors (Lipinski definition) is 0. The van der Waals surface area contributed by atoms with Crippen molar-refractivity contribution >= 4 is 21.7 Å². The van der Waals surface area contributed by atoms with Crippen LogP contribution in [0.3, 0.4) is 0 Å². The summed E-state index contributed by atoms with van der Waals surface area (Å²) in [4.78, 5) is 12.4. The van der Waals surface area contributed by atoms with Gasteiger partial charge in [-0.05, 0) is 43.2 Å². The van der Waals surface area contributed by atoms with Gasteiger partial charge in [0.2, 0.25) is 0 Å². The van der Waals surface area contributed by atoms with Crippen LogP contribution in [0.2, 0.25) is 0 Å². The van der Waals surface area contributed by atoms with E-state index in [1.165, 1.54) is 12.1 Å². The molecule has 0 aliphatic carbocycles. The first kappa shape index (κ1) is 13.0. The lowest BCUT2D eigenvalue weighted by molar-refractivity contribution is 0.103. The highest BCUT2D eigenvalue weighted by Gasteiger charge is 2.16. The van der Waals surface area contributed by atoms with E-state index in [1.807, 2.05) is 26.0 Å². The van der Waals surface area contributed by atoms with Crippen molar-refractivity contribution in [2.75, 3.05) is 0 Å². The summed E-state index contributed by atoms with van der Waals surface area (Å²) in [5.74, 6) is -0.575. The van der Waals surface area contributed by atoms with Gasteiger partial charge in [0.05, 0.1) is 0 Å². The van der Waals surface area contributed by atoms with E-state index >= 15 is 0 Å². The van der Waals surface area contributed by atoms with Crippen LogP contribution in [0.25, 0.3) is 0 Å². The lowest BCUT2D eigenvalue weighted by Gasteiger charge is -2.09. The molecule has 0 saturated carbocycles. The summed E-state index contributed by atoms with van der Waals surface area (Å²) in [5.41, 5.74) is 2.94. The van der Waals surface area contributed by atoms with Crippen LogP contribution in [-0.4, -0.2) is 5.78 Å². The molecule has 92 valence electrons. The summed E-state index contributed by atoms with van der Waals surface area (Å²) in [7, 11) is 0. The normalized spacial score (nSPS) is 10.4. The number of hydrogen-bond acceptors (Lipinski definition) is 1. The summed E-state index contributed by atoms with van der Waals surface area (Å²) in [6, 6.07) is 9.68. The van der Waals surface area contributed by atoms with Crippen LogP contribution in [0.1, 0.15) is 27.0 Å². The molecular weight excluding hydrogens is 295 g/mol. The third-order valence-electron chi connectivity index (χ3n) is 3.02. The largest absolute Gasteiger partial charge is 0.289 e. The summed E-state index contributed by atoms with van der Waals surface area (Å²) in [6.07, 6.45) is 0. The first-order chi connectivity index (χ1) is 8.50. The van der Waals surface area contributed by atoms with Crippen molar-refractivity contribution in [2.24, 2.45) is 0 Å². The molecule has 0 amide bonds. The molecule has 2 aromatic carbocycles. The molecule has 18 heavy (non-hydrogen) atoms. The van der Waals surface area contributed by atoms with Gasteiger partial charge in [-0.2, -0.15) is 0 Å². The Morgan fingerprint density at radius 3 is 2.56 bits per heavy atom. The molecular formula is C15H12BrFO. The molecule has 0 fully saturated rings. The second kappa shape index (κ2) is 5.02. The van der Waals surface area contributed by atoms with Gasteiger partial charge in [-0.25, -0.2) is 4.39 Å². The fraction of sp³-hybridized carbons (Fsp3) is 0.133. The highest BCUT2D eigenvalue weighted by Crippen LogP contribution is 2.23. The first-order valence-electron chi connectivity index (χ1n) is 5.56. The monoisotopic (exact) mass is 306 g/mol. The van der Waals surface area contributed by atoms with Crippen molar-refractivity contribution < 1.29 is 9.18 Å². The zero-order chi connectivity index (χ0) is 13.3. The molecule has 0 bridgehead atoms. The maximum Gasteiger partial charge on any atom is 0.194 e. The summed E-state index contributed by atoms with van der Waals surface area (Å²) >= 11 is 3.28. The molecule has 2 rings (SSSR count). The van der Waals surface area contributed by atoms with Crippen LogP contribution >= 0.6 is 15.9 Å². The minimum Gasteiger partial charge on any atom is -0.289 e. The smallest absolute Gasteiger partial charge is 0.194 e. The van der Waals surface area contributed by atoms with Gasteiger partial charge in [0.15, 0.2) is 5.78 Å². The zero-order valence-electron chi connectivity index (χ0n) is 10.1. The average Bonchev–Trinajstić information content (AvgIpc) is 2.35. The maximum atomic E-state index is 13.2. The van der Waals surface area contributed by atoms with E-state index in [0.29, 0.717) is 15.6 Å². The molecule has 0 spiro atoms. The van der Waals surface area contributed by atoms with Crippen LogP contribution < -0.4 is 0 Å². The lowest BCUT2D eigenvalue weighted by Crippen LogP contribution is -2.06. The molecule has 0 N–H and O–H groups in total. The van der Waals surface area contributed by atoms with E-state index in [-0.39, 0.29) is 5.78 Å². The highest BCUT2D eigenvalue weighted by molar-refractivity contribution is 9.10. The summed E-state index contributed by atoms with van der Waals surface area (Å²) < 4.78 is 13.8. The van der Waals surface area contributed by atoms with Crippen LogP contribution in [0.5, 0.6) is 0 Å². The van der Waals surface area contributed by atoms with Crippen molar-refractivity contribution in [3.63, 3.8) is 0 Å². The van der Waals surface area contributed by atoms with Crippen LogP contribution in [-0.2, 0) is 0 Å². The Kier molecular flexibility index (Phi) is 3.62. The van der Waals surface area contributed by atoms with Gasteiger partial charge in [-0.3, -0.25) is 4.79 Å². The number of benzene rings is 2. The van der Waals surface area contributed by atoms with Crippen molar-refractivity contribution in [3.8, 4) is 0 Å². The molecule has 0 aromatic heterocycles. The van der Waals surface area contributed by atoms with Crippen LogP contribution in [0.4, 0.5) is 4.39 Å². The molecule has 1 nitrogen and oxygen atoms in total. The molecule has 2 aromatic rings. The standard InChI is InChI=1S/C15H12BrFO/c1-9-4-3-5-12(10(9)2)15(18)13-8-11(17)6-7-14(13)16/h3-8H,1-2H3. The third-order valence-corrected chi connectivity index (χ3v) is 3.71. The van der Waals surface area contributed by atoms with Crippen molar-refractivity contribution in [1.82, 2.24) is 0 Å². The van der Waals surface area contributed by atoms with Crippen molar-refractivity contribution in [3.05, 3.63) is 68.9 Å². The van der Waals surface area contributed by atoms with E-state index in [1.54, 1.807) is 12.1 Å². The van der Waals surface area contributed by atoms with Gasteiger partial charge in [-0.15, -0.1) is 0 Å². The Balaban J connectivity index is 2.55. The van der Waals surface area contributed by atoms with Crippen LogP contribution in [0, 0.1) is 19.7 Å². The first-order valence-corrected chi connectivity index (χ1v) is 6.36. The lowest BCUT2D eigenvalue weighted by atomic mass is 9.96. The van der Waals surface area contributed by atoms with Gasteiger partial charge in [-0.1, -0.05) is 34.1 Å². The summed E-state index contributed by atoms with van der Waals surface area (Å²) in [5, 5.41) is 0. The Bertz CT molecular complexity index is 616. The molecule has 0 atom stereocenters. The third kappa shape index (κ3) is 2.36. The van der Waals surface area contributed by atoms with Crippen molar-refractivity contribution in [1.29, 1.82) is 0 Å². The van der Waals surface area contributed by atoms with Gasteiger partial charge in [0, 0.05) is 15.6 Å². The molecule has 0 unspecified atom stereocenters. The van der Waals surface area contributed by atoms with E-state index in [9.17, 15) is 9.18 Å². The van der Waals surface area contributed by atoms with Gasteiger partial charge >= 0.3 is 0 Å². The molecule has 0 saturated heterocycles. The minimum absolute atomic E-state index is 0.164. The number of ketones is 1. The molecule has 0 radical (unpaired) electrons. The number of aryl methyl sites for hydroxylation is 1. The van der Waals surface area contributed by atoms with Gasteiger partial charge in [0.25, 0.3) is 0 Å². The topological polar surface area (TPSA) is 17.1 Å². The van der Waals surface area contributed by atoms with Gasteiger partial charge in [0.1, 0.15) is 5.82 Å². The molecule has 0 aliphatic rings. The number of carbonyl (C=O) groups is 1. The fourth-order valence-electron chi connectivity index (χ4n) is 1.81. The van der Waals surface area contributed by atoms with E-state index in [0.717, 1.165) is 11.1 Å². The number of rotatable bonds is 2. The van der Waals surface area contributed by atoms with E-state index in [2.05, 4.69) is 15.9 Å². The molecule has 0 aliphatic heterocycles. The Labute approximate surface area is 114 Å². The zero-order valence-corrected chi connectivity index (χ0v) is 11.7. The average molecular weight is 307 g/mol. The maximum absolute atomic E-state index is 13.2. The fourth-order valence-corrected chi connectivity index (χ4v) is 2.24. The summed E-state index contributed by atoms with van der Waals surface area (Å²) in [6.45, 7) is 3.85. The second-order valence-electron chi connectivity index (χ2n) is 4.20. The van der Waals surface area contributed by atoms with E-state index < -0.39 is 5.82 Å². The second-order valence-corrected chi connectivity index (χ2v) is 5.06. The molecule has 3 heteroatoms. The predicted octanol–water partition coefficient (Wildman–Crippen LogP) is 4.44. The Morgan fingerprint density at radius 2 is 1.83 bits per heavy atom. The predicted molar refractivity (Wildman–Crippen MR) is 73.4 cm³/mol. The highest BCUT2D eigenvalue weighted by atomic mass is 79.9. The van der Waals surface area contributed by atoms with Crippen LogP contribution in [0.15, 0.2) is 40.9 Å². The van der Waals surface area contributed by atoms with Crippen molar-refractivity contribution in [2.45, 2.75) is 13.8 Å². The molecule has 0 heterocycles. The number of carbonyl (C=O) groups excluding carboxylic acids is 1. The minimum atomic E-state index is -0.410. The quantitative estimate of drug-likeness (QED) is 0.750. The Morgan fingerprint density at radius 1 is 1.11 bits per heavy atom. The Hall–Kier alpha value is -1.48. The number of halogens is 2. The van der Waals surface area contributed by atoms with E-state index in [4.69, 9.17) is 0 Å². The SMILES string of the molecule is Cc1cccc(C(=O)c2cc(F)ccc2Br)c1C.